The predicted molar refractivity (Wildman–Crippen MR) is 77.6 cm³/mol. The van der Waals surface area contributed by atoms with Gasteiger partial charge in [-0.25, -0.2) is 4.79 Å². The van der Waals surface area contributed by atoms with Crippen molar-refractivity contribution < 1.29 is 9.53 Å². The maximum atomic E-state index is 12.0. The normalized spacial score (nSPS) is 10.0. The van der Waals surface area contributed by atoms with Crippen LogP contribution in [-0.2, 0) is 4.74 Å². The molecule has 0 spiro atoms. The fourth-order valence-electron chi connectivity index (χ4n) is 1.81. The molecule has 104 valence electrons. The van der Waals surface area contributed by atoms with E-state index in [9.17, 15) is 4.79 Å². The van der Waals surface area contributed by atoms with Crippen molar-refractivity contribution in [3.63, 3.8) is 0 Å². The smallest absolute Gasteiger partial charge is 0.343 e. The average Bonchev–Trinajstić information content (AvgIpc) is 2.73. The molecule has 19 heavy (non-hydrogen) atoms. The van der Waals surface area contributed by atoms with Crippen LogP contribution in [0.25, 0.3) is 0 Å². The number of hydrogen-bond donors (Lipinski definition) is 1. The molecule has 0 aliphatic heterocycles. The van der Waals surface area contributed by atoms with Crippen molar-refractivity contribution in [2.75, 3.05) is 30.3 Å². The number of ether oxygens (including phenoxy) is 1. The molecule has 0 saturated heterocycles. The van der Waals surface area contributed by atoms with E-state index >= 15 is 0 Å². The first-order valence-electron chi connectivity index (χ1n) is 6.34. The van der Waals surface area contributed by atoms with Crippen LogP contribution >= 0.6 is 11.3 Å². The summed E-state index contributed by atoms with van der Waals surface area (Å²) >= 11 is 1.25. The molecule has 1 aromatic heterocycles. The molecule has 6 heteroatoms. The highest BCUT2D eigenvalue weighted by Gasteiger charge is 2.25. The minimum absolute atomic E-state index is 0.232. The van der Waals surface area contributed by atoms with Crippen LogP contribution in [0.5, 0.6) is 0 Å². The number of anilines is 2. The molecule has 0 saturated carbocycles. The van der Waals surface area contributed by atoms with Crippen molar-refractivity contribution in [2.45, 2.75) is 27.2 Å². The van der Waals surface area contributed by atoms with Crippen molar-refractivity contribution in [1.29, 1.82) is 5.26 Å². The standard InChI is InChI=1S/C13H19N3O2S/c1-4-7-16(5-2)12-10(13(17)18-6-3)11(15)9(8-14)19-12/h4-7,15H2,1-3H3. The number of hydrogen-bond acceptors (Lipinski definition) is 6. The number of esters is 1. The lowest BCUT2D eigenvalue weighted by molar-refractivity contribution is 0.0529. The molecule has 1 aromatic rings. The molecule has 0 aliphatic carbocycles. The Kier molecular flexibility index (Phi) is 5.64. The van der Waals surface area contributed by atoms with Gasteiger partial charge < -0.3 is 15.4 Å². The number of nitrogens with zero attached hydrogens (tertiary/aromatic N) is 2. The first-order chi connectivity index (χ1) is 9.10. The van der Waals surface area contributed by atoms with Gasteiger partial charge in [0, 0.05) is 13.1 Å². The van der Waals surface area contributed by atoms with Crippen molar-refractivity contribution in [3.05, 3.63) is 10.4 Å². The van der Waals surface area contributed by atoms with Gasteiger partial charge in [0.2, 0.25) is 0 Å². The summed E-state index contributed by atoms with van der Waals surface area (Å²) in [7, 11) is 0. The molecule has 0 aliphatic rings. The number of thiophene rings is 1. The molecule has 5 nitrogen and oxygen atoms in total. The molecule has 0 aromatic carbocycles. The molecule has 1 rings (SSSR count). The molecule has 0 radical (unpaired) electrons. The van der Waals surface area contributed by atoms with Crippen LogP contribution in [0.15, 0.2) is 0 Å². The number of nitriles is 1. The van der Waals surface area contributed by atoms with Crippen molar-refractivity contribution in [2.24, 2.45) is 0 Å². The lowest BCUT2D eigenvalue weighted by Gasteiger charge is -2.21. The summed E-state index contributed by atoms with van der Waals surface area (Å²) in [5.74, 6) is -0.456. The zero-order valence-corrected chi connectivity index (χ0v) is 12.3. The Labute approximate surface area is 117 Å². The van der Waals surface area contributed by atoms with Gasteiger partial charge >= 0.3 is 5.97 Å². The second-order valence-corrected chi connectivity index (χ2v) is 4.94. The Morgan fingerprint density at radius 1 is 1.47 bits per heavy atom. The summed E-state index contributed by atoms with van der Waals surface area (Å²) < 4.78 is 5.03. The number of nitrogen functional groups attached to an aromatic ring is 1. The first-order valence-corrected chi connectivity index (χ1v) is 7.16. The summed E-state index contributed by atoms with van der Waals surface area (Å²) in [4.78, 5) is 14.4. The Morgan fingerprint density at radius 3 is 2.63 bits per heavy atom. The second kappa shape index (κ2) is 7.00. The highest BCUT2D eigenvalue weighted by atomic mass is 32.1. The average molecular weight is 281 g/mol. The summed E-state index contributed by atoms with van der Waals surface area (Å²) in [6, 6.07) is 2.03. The third-order valence-corrected chi connectivity index (χ3v) is 3.84. The molecule has 1 heterocycles. The third kappa shape index (κ3) is 3.18. The predicted octanol–water partition coefficient (Wildman–Crippen LogP) is 2.61. The Bertz CT molecular complexity index is 491. The zero-order valence-electron chi connectivity index (χ0n) is 11.5. The van der Waals surface area contributed by atoms with Gasteiger partial charge in [-0.2, -0.15) is 5.26 Å². The van der Waals surface area contributed by atoms with Gasteiger partial charge in [0.1, 0.15) is 21.5 Å². The highest BCUT2D eigenvalue weighted by molar-refractivity contribution is 7.17. The van der Waals surface area contributed by atoms with Crippen molar-refractivity contribution in [3.8, 4) is 6.07 Å². The van der Waals surface area contributed by atoms with Crippen LogP contribution < -0.4 is 10.6 Å². The van der Waals surface area contributed by atoms with Gasteiger partial charge in [0.15, 0.2) is 0 Å². The van der Waals surface area contributed by atoms with Gasteiger partial charge in [-0.05, 0) is 20.3 Å². The molecular formula is C13H19N3O2S. The van der Waals surface area contributed by atoms with E-state index in [1.54, 1.807) is 6.92 Å². The fourth-order valence-corrected chi connectivity index (χ4v) is 2.91. The van der Waals surface area contributed by atoms with E-state index in [4.69, 9.17) is 15.7 Å². The Morgan fingerprint density at radius 2 is 2.16 bits per heavy atom. The van der Waals surface area contributed by atoms with Crippen LogP contribution in [0.2, 0.25) is 0 Å². The van der Waals surface area contributed by atoms with E-state index in [0.717, 1.165) is 24.5 Å². The number of carbonyl (C=O) groups is 1. The minimum Gasteiger partial charge on any atom is -0.462 e. The van der Waals surface area contributed by atoms with Gasteiger partial charge in [-0.3, -0.25) is 0 Å². The van der Waals surface area contributed by atoms with Crippen LogP contribution in [0.3, 0.4) is 0 Å². The topological polar surface area (TPSA) is 79.4 Å². The van der Waals surface area contributed by atoms with E-state index in [0.29, 0.717) is 10.4 Å². The summed E-state index contributed by atoms with van der Waals surface area (Å²) in [5.41, 5.74) is 6.46. The van der Waals surface area contributed by atoms with Gasteiger partial charge in [-0.1, -0.05) is 6.92 Å². The number of carbonyl (C=O) groups excluding carboxylic acids is 1. The summed E-state index contributed by atoms with van der Waals surface area (Å²) in [5, 5.41) is 9.80. The molecule has 0 bridgehead atoms. The largest absolute Gasteiger partial charge is 0.462 e. The Hall–Kier alpha value is -1.74. The lowest BCUT2D eigenvalue weighted by atomic mass is 10.2. The molecule has 0 fully saturated rings. The van der Waals surface area contributed by atoms with Crippen molar-refractivity contribution in [1.82, 2.24) is 0 Å². The molecular weight excluding hydrogens is 262 g/mol. The highest BCUT2D eigenvalue weighted by Crippen LogP contribution is 2.38. The lowest BCUT2D eigenvalue weighted by Crippen LogP contribution is -2.24. The van der Waals surface area contributed by atoms with Crippen LogP contribution in [-0.4, -0.2) is 25.7 Å². The van der Waals surface area contributed by atoms with E-state index in [1.807, 2.05) is 17.9 Å². The van der Waals surface area contributed by atoms with Gasteiger partial charge in [-0.15, -0.1) is 11.3 Å². The third-order valence-electron chi connectivity index (χ3n) is 2.67. The maximum absolute atomic E-state index is 12.0. The van der Waals surface area contributed by atoms with Crippen LogP contribution in [0, 0.1) is 11.3 Å². The molecule has 0 amide bonds. The summed E-state index contributed by atoms with van der Waals surface area (Å²) in [6.45, 7) is 7.67. The molecule has 2 N–H and O–H groups in total. The molecule has 0 atom stereocenters. The van der Waals surface area contributed by atoms with E-state index in [2.05, 4.69) is 6.92 Å². The quantitative estimate of drug-likeness (QED) is 0.811. The van der Waals surface area contributed by atoms with E-state index < -0.39 is 5.97 Å². The monoisotopic (exact) mass is 281 g/mol. The number of rotatable bonds is 6. The Balaban J connectivity index is 3.29. The first kappa shape index (κ1) is 15.3. The van der Waals surface area contributed by atoms with Gasteiger partial charge in [0.05, 0.1) is 12.3 Å². The van der Waals surface area contributed by atoms with E-state index in [1.165, 1.54) is 11.3 Å². The maximum Gasteiger partial charge on any atom is 0.343 e. The summed E-state index contributed by atoms with van der Waals surface area (Å²) in [6.07, 6.45) is 0.954. The van der Waals surface area contributed by atoms with Crippen LogP contribution in [0.4, 0.5) is 10.7 Å². The molecule has 0 unspecified atom stereocenters. The zero-order chi connectivity index (χ0) is 14.4. The van der Waals surface area contributed by atoms with Gasteiger partial charge in [0.25, 0.3) is 0 Å². The number of nitrogens with two attached hydrogens (primary N) is 1. The SMILES string of the molecule is CCCN(CC)c1sc(C#N)c(N)c1C(=O)OCC. The van der Waals surface area contributed by atoms with E-state index in [-0.39, 0.29) is 12.3 Å². The van der Waals surface area contributed by atoms with Crippen molar-refractivity contribution >= 4 is 28.0 Å². The fraction of sp³-hybridized carbons (Fsp3) is 0.538. The minimum atomic E-state index is -0.456. The van der Waals surface area contributed by atoms with Crippen LogP contribution in [0.1, 0.15) is 42.4 Å². The second-order valence-electron chi connectivity index (χ2n) is 3.94.